The fourth-order valence-corrected chi connectivity index (χ4v) is 3.89. The minimum absolute atomic E-state index is 0.0568. The number of aromatic amines is 1. The quantitative estimate of drug-likeness (QED) is 0.801. The van der Waals surface area contributed by atoms with Gasteiger partial charge in [0.25, 0.3) is 5.91 Å². The van der Waals surface area contributed by atoms with Gasteiger partial charge < -0.3 is 19.7 Å². The van der Waals surface area contributed by atoms with Gasteiger partial charge in [0, 0.05) is 43.2 Å². The van der Waals surface area contributed by atoms with E-state index in [1.54, 1.807) is 7.11 Å². The summed E-state index contributed by atoms with van der Waals surface area (Å²) in [5.74, 6) is 0.683. The molecule has 1 aromatic carbocycles. The number of carbonyl (C=O) groups is 2. The molecule has 2 aliphatic heterocycles. The van der Waals surface area contributed by atoms with Crippen LogP contribution in [0.4, 0.5) is 0 Å². The van der Waals surface area contributed by atoms with Crippen molar-refractivity contribution in [2.75, 3.05) is 20.3 Å². The van der Waals surface area contributed by atoms with Gasteiger partial charge in [-0.15, -0.1) is 0 Å². The Balaban J connectivity index is 1.37. The highest BCUT2D eigenvalue weighted by Crippen LogP contribution is 2.21. The molecule has 8 nitrogen and oxygen atoms in total. The molecule has 2 N–H and O–H groups in total. The van der Waals surface area contributed by atoms with Crippen LogP contribution in [0.15, 0.2) is 24.3 Å². The van der Waals surface area contributed by atoms with E-state index in [2.05, 4.69) is 15.5 Å². The van der Waals surface area contributed by atoms with Crippen LogP contribution in [0.5, 0.6) is 5.75 Å². The van der Waals surface area contributed by atoms with Gasteiger partial charge in [-0.1, -0.05) is 12.1 Å². The lowest BCUT2D eigenvalue weighted by Gasteiger charge is -2.21. The number of ether oxygens (including phenoxy) is 2. The first kappa shape index (κ1) is 19.4. The molecule has 0 bridgehead atoms. The number of rotatable bonds is 5. The Morgan fingerprint density at radius 2 is 2.28 bits per heavy atom. The van der Waals surface area contributed by atoms with Crippen LogP contribution in [0.3, 0.4) is 0 Å². The van der Waals surface area contributed by atoms with Crippen LogP contribution < -0.4 is 10.1 Å². The number of fused-ring (bicyclic) bond motifs is 1. The van der Waals surface area contributed by atoms with E-state index in [0.29, 0.717) is 51.3 Å². The molecule has 0 aliphatic carbocycles. The molecule has 2 amide bonds. The van der Waals surface area contributed by atoms with Crippen LogP contribution in [0.25, 0.3) is 0 Å². The summed E-state index contributed by atoms with van der Waals surface area (Å²) in [7, 11) is 1.63. The van der Waals surface area contributed by atoms with Gasteiger partial charge in [-0.2, -0.15) is 5.10 Å². The minimum Gasteiger partial charge on any atom is -0.497 e. The SMILES string of the molecule is COc1cccc(CN2CCC(NC(=O)c3n[nH]c4c3COCC4)CCC2=O)c1. The minimum atomic E-state index is -0.202. The highest BCUT2D eigenvalue weighted by atomic mass is 16.5. The van der Waals surface area contributed by atoms with E-state index in [4.69, 9.17) is 9.47 Å². The van der Waals surface area contributed by atoms with Gasteiger partial charge in [-0.05, 0) is 30.5 Å². The molecular weight excluding hydrogens is 372 g/mol. The van der Waals surface area contributed by atoms with E-state index in [1.165, 1.54) is 0 Å². The largest absolute Gasteiger partial charge is 0.497 e. The number of nitrogens with zero attached hydrogens (tertiary/aromatic N) is 2. The average Bonchev–Trinajstić information content (AvgIpc) is 3.11. The number of amides is 2. The first-order chi connectivity index (χ1) is 14.1. The summed E-state index contributed by atoms with van der Waals surface area (Å²) in [5, 5.41) is 10.2. The van der Waals surface area contributed by atoms with E-state index >= 15 is 0 Å². The van der Waals surface area contributed by atoms with Gasteiger partial charge in [0.1, 0.15) is 5.75 Å². The zero-order valence-electron chi connectivity index (χ0n) is 16.6. The molecule has 154 valence electrons. The topological polar surface area (TPSA) is 96.6 Å². The fraction of sp³-hybridized carbons (Fsp3) is 0.476. The second-order valence-electron chi connectivity index (χ2n) is 7.50. The maximum Gasteiger partial charge on any atom is 0.272 e. The number of carbonyl (C=O) groups excluding carboxylic acids is 2. The zero-order valence-corrected chi connectivity index (χ0v) is 16.6. The highest BCUT2D eigenvalue weighted by molar-refractivity contribution is 5.94. The van der Waals surface area contributed by atoms with Crippen molar-refractivity contribution in [3.8, 4) is 5.75 Å². The Morgan fingerprint density at radius 3 is 3.14 bits per heavy atom. The van der Waals surface area contributed by atoms with E-state index in [9.17, 15) is 9.59 Å². The number of methoxy groups -OCH3 is 1. The predicted molar refractivity (Wildman–Crippen MR) is 105 cm³/mol. The van der Waals surface area contributed by atoms with E-state index in [0.717, 1.165) is 29.0 Å². The molecule has 2 aromatic rings. The molecule has 1 saturated heterocycles. The van der Waals surface area contributed by atoms with Crippen LogP contribution in [-0.2, 0) is 29.1 Å². The molecular formula is C21H26N4O4. The molecule has 1 unspecified atom stereocenters. The molecule has 1 fully saturated rings. The first-order valence-electron chi connectivity index (χ1n) is 9.99. The standard InChI is InChI=1S/C21H26N4O4/c1-28-16-4-2-3-14(11-16)12-25-9-7-15(5-6-19(25)26)22-21(27)20-17-13-29-10-8-18(17)23-24-20/h2-4,11,15H,5-10,12-13H2,1H3,(H,22,27)(H,23,24). The van der Waals surface area contributed by atoms with Crippen LogP contribution in [0.1, 0.15) is 46.6 Å². The average molecular weight is 398 g/mol. The third-order valence-corrected chi connectivity index (χ3v) is 5.56. The number of likely N-dealkylation sites (tertiary alicyclic amines) is 1. The summed E-state index contributed by atoms with van der Waals surface area (Å²) in [5.41, 5.74) is 3.26. The molecule has 29 heavy (non-hydrogen) atoms. The normalized spacial score (nSPS) is 19.4. The first-order valence-corrected chi connectivity index (χ1v) is 9.99. The lowest BCUT2D eigenvalue weighted by Crippen LogP contribution is -2.36. The van der Waals surface area contributed by atoms with Gasteiger partial charge in [0.05, 0.1) is 20.3 Å². The Labute approximate surface area is 169 Å². The molecule has 1 aromatic heterocycles. The van der Waals surface area contributed by atoms with Crippen molar-refractivity contribution in [3.05, 3.63) is 46.8 Å². The second kappa shape index (κ2) is 8.65. The van der Waals surface area contributed by atoms with Crippen molar-refractivity contribution in [1.29, 1.82) is 0 Å². The number of aromatic nitrogens is 2. The van der Waals surface area contributed by atoms with Crippen LogP contribution in [0, 0.1) is 0 Å². The summed E-state index contributed by atoms with van der Waals surface area (Å²) in [6, 6.07) is 7.69. The number of benzene rings is 1. The van der Waals surface area contributed by atoms with Crippen molar-refractivity contribution in [2.24, 2.45) is 0 Å². The molecule has 4 rings (SSSR count). The Hall–Kier alpha value is -2.87. The summed E-state index contributed by atoms with van der Waals surface area (Å²) in [6.07, 6.45) is 2.50. The van der Waals surface area contributed by atoms with Crippen molar-refractivity contribution in [2.45, 2.75) is 44.9 Å². The summed E-state index contributed by atoms with van der Waals surface area (Å²) in [6.45, 7) is 2.19. The molecule has 1 atom stereocenters. The van der Waals surface area contributed by atoms with Gasteiger partial charge in [-0.25, -0.2) is 0 Å². The number of H-pyrrole nitrogens is 1. The van der Waals surface area contributed by atoms with Crippen molar-refractivity contribution < 1.29 is 19.1 Å². The lowest BCUT2D eigenvalue weighted by atomic mass is 10.1. The van der Waals surface area contributed by atoms with E-state index in [1.807, 2.05) is 29.2 Å². The summed E-state index contributed by atoms with van der Waals surface area (Å²) in [4.78, 5) is 27.1. The van der Waals surface area contributed by atoms with Crippen LogP contribution in [0.2, 0.25) is 0 Å². The number of hydrogen-bond donors (Lipinski definition) is 2. The van der Waals surface area contributed by atoms with E-state index < -0.39 is 0 Å². The Morgan fingerprint density at radius 1 is 1.38 bits per heavy atom. The monoisotopic (exact) mass is 398 g/mol. The fourth-order valence-electron chi connectivity index (χ4n) is 3.89. The van der Waals surface area contributed by atoms with E-state index in [-0.39, 0.29) is 17.9 Å². The lowest BCUT2D eigenvalue weighted by molar-refractivity contribution is -0.131. The maximum absolute atomic E-state index is 12.7. The summed E-state index contributed by atoms with van der Waals surface area (Å²) >= 11 is 0. The third kappa shape index (κ3) is 4.42. The van der Waals surface area contributed by atoms with Gasteiger partial charge >= 0.3 is 0 Å². The molecule has 0 spiro atoms. The zero-order chi connectivity index (χ0) is 20.2. The molecule has 0 radical (unpaired) electrons. The molecule has 0 saturated carbocycles. The number of hydrogen-bond acceptors (Lipinski definition) is 5. The van der Waals surface area contributed by atoms with Crippen molar-refractivity contribution in [1.82, 2.24) is 20.4 Å². The molecule has 3 heterocycles. The predicted octanol–water partition coefficient (Wildman–Crippen LogP) is 1.80. The third-order valence-electron chi connectivity index (χ3n) is 5.56. The molecule has 2 aliphatic rings. The van der Waals surface area contributed by atoms with Crippen molar-refractivity contribution in [3.63, 3.8) is 0 Å². The van der Waals surface area contributed by atoms with Gasteiger partial charge in [0.2, 0.25) is 5.91 Å². The smallest absolute Gasteiger partial charge is 0.272 e. The summed E-state index contributed by atoms with van der Waals surface area (Å²) < 4.78 is 10.7. The van der Waals surface area contributed by atoms with Gasteiger partial charge in [0.15, 0.2) is 5.69 Å². The maximum atomic E-state index is 12.7. The number of nitrogens with one attached hydrogen (secondary N) is 2. The Kier molecular flexibility index (Phi) is 5.80. The Bertz CT molecular complexity index is 895. The second-order valence-corrected chi connectivity index (χ2v) is 7.50. The van der Waals surface area contributed by atoms with Crippen molar-refractivity contribution >= 4 is 11.8 Å². The molecule has 8 heteroatoms. The van der Waals surface area contributed by atoms with Gasteiger partial charge in [-0.3, -0.25) is 14.7 Å². The van der Waals surface area contributed by atoms with Crippen LogP contribution in [-0.4, -0.2) is 53.2 Å². The van der Waals surface area contributed by atoms with Crippen LogP contribution >= 0.6 is 0 Å². The highest BCUT2D eigenvalue weighted by Gasteiger charge is 2.27.